The van der Waals surface area contributed by atoms with Crippen LogP contribution in [0.1, 0.15) is 5.56 Å². The summed E-state index contributed by atoms with van der Waals surface area (Å²) in [5, 5.41) is 4.26. The van der Waals surface area contributed by atoms with Gasteiger partial charge in [0.05, 0.1) is 17.1 Å². The molecule has 0 bridgehead atoms. The second-order valence-corrected chi connectivity index (χ2v) is 5.59. The van der Waals surface area contributed by atoms with Crippen molar-refractivity contribution in [2.24, 2.45) is 7.05 Å². The molecule has 0 aliphatic rings. The van der Waals surface area contributed by atoms with Crippen LogP contribution >= 0.6 is 0 Å². The number of hydrogen-bond acceptors (Lipinski definition) is 2. The quantitative estimate of drug-likeness (QED) is 0.564. The summed E-state index contributed by atoms with van der Waals surface area (Å²) in [6.45, 7) is 2.04. The van der Waals surface area contributed by atoms with E-state index in [0.717, 1.165) is 33.9 Å². The first-order valence-electron chi connectivity index (χ1n) is 7.36. The predicted octanol–water partition coefficient (Wildman–Crippen LogP) is 3.85. The Bertz CT molecular complexity index is 996. The van der Waals surface area contributed by atoms with Crippen molar-refractivity contribution in [1.29, 1.82) is 0 Å². The number of hydrogen-bond donors (Lipinski definition) is 0. The van der Waals surface area contributed by atoms with Gasteiger partial charge in [-0.1, -0.05) is 0 Å². The summed E-state index contributed by atoms with van der Waals surface area (Å²) >= 11 is 0. The van der Waals surface area contributed by atoms with Gasteiger partial charge in [0.1, 0.15) is 11.5 Å². The molecular formula is C18H15FN4. The second-order valence-electron chi connectivity index (χ2n) is 5.59. The summed E-state index contributed by atoms with van der Waals surface area (Å²) in [5.74, 6) is -0.254. The molecule has 0 aliphatic heterocycles. The van der Waals surface area contributed by atoms with E-state index in [1.165, 1.54) is 12.1 Å². The molecule has 4 rings (SSSR count). The van der Waals surface area contributed by atoms with Crippen molar-refractivity contribution in [2.75, 3.05) is 0 Å². The summed E-state index contributed by atoms with van der Waals surface area (Å²) in [7, 11) is 1.90. The highest BCUT2D eigenvalue weighted by atomic mass is 19.1. The zero-order valence-corrected chi connectivity index (χ0v) is 12.9. The van der Waals surface area contributed by atoms with Gasteiger partial charge in [-0.05, 0) is 55.0 Å². The van der Waals surface area contributed by atoms with Gasteiger partial charge < -0.3 is 0 Å². The van der Waals surface area contributed by atoms with Gasteiger partial charge in [0.25, 0.3) is 0 Å². The van der Waals surface area contributed by atoms with E-state index >= 15 is 0 Å². The van der Waals surface area contributed by atoms with E-state index < -0.39 is 0 Å². The highest BCUT2D eigenvalue weighted by molar-refractivity contribution is 5.80. The molecule has 0 N–H and O–H groups in total. The summed E-state index contributed by atoms with van der Waals surface area (Å²) in [5.41, 5.74) is 5.61. The van der Waals surface area contributed by atoms with Crippen LogP contribution < -0.4 is 0 Å². The Morgan fingerprint density at radius 2 is 1.83 bits per heavy atom. The Hall–Kier alpha value is -2.95. The van der Waals surface area contributed by atoms with Crippen molar-refractivity contribution >= 4 is 5.65 Å². The maximum atomic E-state index is 13.3. The van der Waals surface area contributed by atoms with E-state index in [0.29, 0.717) is 0 Å². The van der Waals surface area contributed by atoms with Crippen LogP contribution in [0.4, 0.5) is 4.39 Å². The summed E-state index contributed by atoms with van der Waals surface area (Å²) < 4.78 is 17.1. The molecule has 0 fully saturated rings. The number of aryl methyl sites for hydroxylation is 2. The third-order valence-corrected chi connectivity index (χ3v) is 3.96. The highest BCUT2D eigenvalue weighted by Crippen LogP contribution is 2.32. The fourth-order valence-electron chi connectivity index (χ4n) is 2.81. The van der Waals surface area contributed by atoms with Gasteiger partial charge in [-0.25, -0.2) is 9.37 Å². The van der Waals surface area contributed by atoms with Crippen LogP contribution in [0.5, 0.6) is 0 Å². The van der Waals surface area contributed by atoms with Crippen molar-refractivity contribution in [3.8, 4) is 22.6 Å². The number of aromatic nitrogens is 4. The average Bonchev–Trinajstić information content (AvgIpc) is 3.10. The number of nitrogens with zero attached hydrogens (tertiary/aromatic N) is 4. The lowest BCUT2D eigenvalue weighted by Gasteiger charge is -2.06. The van der Waals surface area contributed by atoms with Gasteiger partial charge in [0.15, 0.2) is 0 Å². The molecule has 0 amide bonds. The minimum atomic E-state index is -0.254. The van der Waals surface area contributed by atoms with Gasteiger partial charge in [-0.3, -0.25) is 9.08 Å². The van der Waals surface area contributed by atoms with E-state index in [9.17, 15) is 4.39 Å². The molecule has 1 aromatic carbocycles. The molecule has 0 atom stereocenters. The van der Waals surface area contributed by atoms with Crippen molar-refractivity contribution < 1.29 is 4.39 Å². The maximum Gasteiger partial charge on any atom is 0.138 e. The molecule has 0 spiro atoms. The van der Waals surface area contributed by atoms with Gasteiger partial charge in [0.2, 0.25) is 0 Å². The van der Waals surface area contributed by atoms with Crippen LogP contribution in [0.15, 0.2) is 54.9 Å². The molecule has 5 heteroatoms. The number of imidazole rings is 1. The smallest absolute Gasteiger partial charge is 0.138 e. The fourth-order valence-corrected chi connectivity index (χ4v) is 2.81. The van der Waals surface area contributed by atoms with Crippen molar-refractivity contribution in [3.63, 3.8) is 0 Å². The molecule has 4 aromatic rings. The van der Waals surface area contributed by atoms with E-state index in [1.807, 2.05) is 47.4 Å². The number of halogens is 1. The van der Waals surface area contributed by atoms with Crippen molar-refractivity contribution in [3.05, 3.63) is 66.2 Å². The van der Waals surface area contributed by atoms with Crippen molar-refractivity contribution in [2.45, 2.75) is 6.92 Å². The lowest BCUT2D eigenvalue weighted by Crippen LogP contribution is -1.97. The average molecular weight is 306 g/mol. The SMILES string of the molecule is Cc1ccn2c(-c3ccnn3C)c(-c3ccc(F)cc3)nc2c1. The first-order chi connectivity index (χ1) is 11.1. The van der Waals surface area contributed by atoms with Gasteiger partial charge in [-0.2, -0.15) is 5.10 Å². The molecule has 4 nitrogen and oxygen atoms in total. The number of benzene rings is 1. The third-order valence-electron chi connectivity index (χ3n) is 3.96. The highest BCUT2D eigenvalue weighted by Gasteiger charge is 2.18. The van der Waals surface area contributed by atoms with Crippen LogP contribution in [-0.4, -0.2) is 19.2 Å². The number of pyridine rings is 1. The fraction of sp³-hybridized carbons (Fsp3) is 0.111. The standard InChI is InChI=1S/C18H15FN4/c1-12-8-10-23-16(11-12)21-17(13-3-5-14(19)6-4-13)18(23)15-7-9-20-22(15)2/h3-11H,1-2H3. The largest absolute Gasteiger partial charge is 0.298 e. The number of fused-ring (bicyclic) bond motifs is 1. The molecule has 3 heterocycles. The third kappa shape index (κ3) is 2.21. The van der Waals surface area contributed by atoms with Crippen LogP contribution in [0.2, 0.25) is 0 Å². The second kappa shape index (κ2) is 5.05. The van der Waals surface area contributed by atoms with Crippen LogP contribution in [0, 0.1) is 12.7 Å². The lowest BCUT2D eigenvalue weighted by molar-refractivity contribution is 0.628. The monoisotopic (exact) mass is 306 g/mol. The number of rotatable bonds is 2. The predicted molar refractivity (Wildman–Crippen MR) is 87.5 cm³/mol. The lowest BCUT2D eigenvalue weighted by atomic mass is 10.1. The first-order valence-corrected chi connectivity index (χ1v) is 7.36. The first kappa shape index (κ1) is 13.7. The Kier molecular flexibility index (Phi) is 3.01. The Balaban J connectivity index is 2.06. The maximum absolute atomic E-state index is 13.3. The molecule has 23 heavy (non-hydrogen) atoms. The van der Waals surface area contributed by atoms with Crippen LogP contribution in [0.25, 0.3) is 28.3 Å². The van der Waals surface area contributed by atoms with E-state index in [2.05, 4.69) is 5.10 Å². The van der Waals surface area contributed by atoms with E-state index in [-0.39, 0.29) is 5.82 Å². The Labute approximate surface area is 132 Å². The molecule has 0 radical (unpaired) electrons. The summed E-state index contributed by atoms with van der Waals surface area (Å²) in [6, 6.07) is 12.5. The summed E-state index contributed by atoms with van der Waals surface area (Å²) in [6.07, 6.45) is 3.77. The molecule has 0 saturated carbocycles. The van der Waals surface area contributed by atoms with Gasteiger partial charge in [-0.15, -0.1) is 0 Å². The Morgan fingerprint density at radius 1 is 1.04 bits per heavy atom. The summed E-state index contributed by atoms with van der Waals surface area (Å²) in [4.78, 5) is 4.77. The van der Waals surface area contributed by atoms with Crippen LogP contribution in [-0.2, 0) is 7.05 Å². The van der Waals surface area contributed by atoms with E-state index in [1.54, 1.807) is 18.3 Å². The minimum Gasteiger partial charge on any atom is -0.298 e. The molecule has 0 unspecified atom stereocenters. The normalized spacial score (nSPS) is 11.3. The zero-order chi connectivity index (χ0) is 16.0. The topological polar surface area (TPSA) is 35.1 Å². The molecule has 0 aliphatic carbocycles. The molecule has 3 aromatic heterocycles. The van der Waals surface area contributed by atoms with Crippen LogP contribution in [0.3, 0.4) is 0 Å². The zero-order valence-electron chi connectivity index (χ0n) is 12.9. The van der Waals surface area contributed by atoms with Gasteiger partial charge in [0, 0.05) is 25.0 Å². The molecule has 0 saturated heterocycles. The molecular weight excluding hydrogens is 291 g/mol. The minimum absolute atomic E-state index is 0.254. The molecule has 114 valence electrons. The Morgan fingerprint density at radius 3 is 2.52 bits per heavy atom. The van der Waals surface area contributed by atoms with E-state index in [4.69, 9.17) is 4.98 Å². The van der Waals surface area contributed by atoms with Gasteiger partial charge >= 0.3 is 0 Å². The van der Waals surface area contributed by atoms with Crippen molar-refractivity contribution in [1.82, 2.24) is 19.2 Å².